The average molecular weight is 740 g/mol. The summed E-state index contributed by atoms with van der Waals surface area (Å²) < 4.78 is 23.6. The molecule has 5 amide bonds. The third-order valence-electron chi connectivity index (χ3n) is 9.77. The van der Waals surface area contributed by atoms with E-state index >= 15 is 0 Å². The Hall–Kier alpha value is -5.53. The van der Waals surface area contributed by atoms with Gasteiger partial charge in [-0.25, -0.2) is 9.59 Å². The molecule has 0 spiro atoms. The number of benzene rings is 4. The zero-order valence-electron chi connectivity index (χ0n) is 31.2. The van der Waals surface area contributed by atoms with Crippen LogP contribution in [0.3, 0.4) is 0 Å². The van der Waals surface area contributed by atoms with Gasteiger partial charge in [-0.2, -0.15) is 0 Å². The number of nitrogens with zero attached hydrogens (tertiary/aromatic N) is 2. The summed E-state index contributed by atoms with van der Waals surface area (Å²) in [4.78, 5) is 44.2. The summed E-state index contributed by atoms with van der Waals surface area (Å²) in [5.41, 5.74) is 1.88. The van der Waals surface area contributed by atoms with E-state index in [-0.39, 0.29) is 56.0 Å². The molecular formula is C41H49N5O8. The number of fused-ring (bicyclic) bond motifs is 3. The van der Waals surface area contributed by atoms with E-state index in [0.29, 0.717) is 40.9 Å². The molecule has 0 saturated carbocycles. The van der Waals surface area contributed by atoms with Gasteiger partial charge in [-0.1, -0.05) is 43.3 Å². The van der Waals surface area contributed by atoms with E-state index in [1.54, 1.807) is 60.2 Å². The van der Waals surface area contributed by atoms with Crippen molar-refractivity contribution in [3.63, 3.8) is 0 Å². The molecule has 54 heavy (non-hydrogen) atoms. The maximum Gasteiger partial charge on any atom is 0.323 e. The number of urea groups is 2. The summed E-state index contributed by atoms with van der Waals surface area (Å²) in [6.45, 7) is 6.50. The Morgan fingerprint density at radius 1 is 0.907 bits per heavy atom. The standard InChI is InChI=1S/C41H49N5O8/c1-26-22-46(27(2)24-47)39(48)33-20-30(42-40(49)44-34-14-9-12-29-11-5-6-13-32(29)34)15-17-35(33)54-28(3)10-7-8-19-51-38(26)23-45(4)41(50)43-31-16-18-36-37(21-31)53-25-52-36/h5-6,9,11-18,20-21,26-28,38,47H,7-8,10,19,22-25H2,1-4H3,(H,43,50)(H2,42,44,49)/t26-,27+,28-,38+/m1/s1. The SMILES string of the molecule is C[C@@H]1CCCCO[C@@H](CN(C)C(=O)Nc2ccc3c(c2)OCO3)[C@H](C)CN([C@@H](C)CO)C(=O)c2cc(NC(=O)Nc3cccc4ccccc34)ccc2O1. The van der Waals surface area contributed by atoms with Crippen LogP contribution in [-0.4, -0.2) is 91.3 Å². The van der Waals surface area contributed by atoms with E-state index in [9.17, 15) is 19.5 Å². The molecule has 4 atom stereocenters. The van der Waals surface area contributed by atoms with Gasteiger partial charge in [-0.15, -0.1) is 0 Å². The van der Waals surface area contributed by atoms with E-state index in [0.717, 1.165) is 30.0 Å². The molecule has 0 fully saturated rings. The van der Waals surface area contributed by atoms with Gasteiger partial charge >= 0.3 is 12.1 Å². The fourth-order valence-electron chi connectivity index (χ4n) is 6.63. The number of likely N-dealkylation sites (N-methyl/N-ethyl adjacent to an activating group) is 1. The van der Waals surface area contributed by atoms with Crippen molar-refractivity contribution < 1.29 is 38.4 Å². The van der Waals surface area contributed by atoms with Crippen LogP contribution in [0.2, 0.25) is 0 Å². The zero-order chi connectivity index (χ0) is 38.2. The second kappa shape index (κ2) is 17.5. The number of amides is 5. The van der Waals surface area contributed by atoms with Crippen LogP contribution in [0.4, 0.5) is 26.7 Å². The summed E-state index contributed by atoms with van der Waals surface area (Å²) in [6.07, 6.45) is 1.69. The van der Waals surface area contributed by atoms with Gasteiger partial charge in [-0.3, -0.25) is 4.79 Å². The second-order valence-corrected chi connectivity index (χ2v) is 14.0. The van der Waals surface area contributed by atoms with Gasteiger partial charge < -0.3 is 49.8 Å². The monoisotopic (exact) mass is 739 g/mol. The molecule has 0 radical (unpaired) electrons. The summed E-state index contributed by atoms with van der Waals surface area (Å²) in [5, 5.41) is 20.9. The molecule has 13 heteroatoms. The highest BCUT2D eigenvalue weighted by atomic mass is 16.7. The molecule has 286 valence electrons. The lowest BCUT2D eigenvalue weighted by atomic mass is 10.0. The Bertz CT molecular complexity index is 1950. The molecule has 6 rings (SSSR count). The number of aliphatic hydroxyl groups excluding tert-OH is 1. The second-order valence-electron chi connectivity index (χ2n) is 14.0. The zero-order valence-corrected chi connectivity index (χ0v) is 31.2. The maximum absolute atomic E-state index is 14.5. The molecule has 0 saturated heterocycles. The number of nitrogens with one attached hydrogen (secondary N) is 3. The van der Waals surface area contributed by atoms with Crippen LogP contribution in [0.5, 0.6) is 17.2 Å². The van der Waals surface area contributed by atoms with Crippen molar-refractivity contribution in [2.45, 2.75) is 58.3 Å². The Labute approximate surface area is 315 Å². The number of hydrogen-bond donors (Lipinski definition) is 4. The minimum atomic E-state index is -0.558. The van der Waals surface area contributed by atoms with Crippen molar-refractivity contribution in [3.8, 4) is 17.2 Å². The van der Waals surface area contributed by atoms with Gasteiger partial charge in [-0.05, 0) is 74.9 Å². The van der Waals surface area contributed by atoms with Crippen molar-refractivity contribution in [1.29, 1.82) is 0 Å². The average Bonchev–Trinajstić information content (AvgIpc) is 3.64. The van der Waals surface area contributed by atoms with Gasteiger partial charge in [0, 0.05) is 55.5 Å². The maximum atomic E-state index is 14.5. The minimum Gasteiger partial charge on any atom is -0.490 e. The van der Waals surface area contributed by atoms with Crippen LogP contribution in [0.25, 0.3) is 10.8 Å². The molecule has 4 aromatic rings. The first kappa shape index (κ1) is 38.2. The van der Waals surface area contributed by atoms with E-state index in [2.05, 4.69) is 16.0 Å². The topological polar surface area (TPSA) is 151 Å². The number of hydrogen-bond acceptors (Lipinski definition) is 8. The number of aliphatic hydroxyl groups is 1. The molecular weight excluding hydrogens is 690 g/mol. The first-order valence-electron chi connectivity index (χ1n) is 18.4. The van der Waals surface area contributed by atoms with Crippen LogP contribution >= 0.6 is 0 Å². The molecule has 2 aliphatic heterocycles. The molecule has 0 bridgehead atoms. The lowest BCUT2D eigenvalue weighted by molar-refractivity contribution is -0.0115. The Morgan fingerprint density at radius 3 is 2.46 bits per heavy atom. The van der Waals surface area contributed by atoms with Crippen molar-refractivity contribution in [2.24, 2.45) is 5.92 Å². The number of anilines is 3. The highest BCUT2D eigenvalue weighted by Crippen LogP contribution is 2.34. The van der Waals surface area contributed by atoms with Crippen LogP contribution in [0, 0.1) is 5.92 Å². The van der Waals surface area contributed by atoms with Crippen molar-refractivity contribution in [2.75, 3.05) is 56.1 Å². The van der Waals surface area contributed by atoms with Crippen LogP contribution in [0.1, 0.15) is 50.4 Å². The van der Waals surface area contributed by atoms with Crippen molar-refractivity contribution in [1.82, 2.24) is 9.80 Å². The Kier molecular flexibility index (Phi) is 12.4. The first-order valence-corrected chi connectivity index (χ1v) is 18.4. The minimum absolute atomic E-state index is 0.136. The van der Waals surface area contributed by atoms with Crippen molar-refractivity contribution in [3.05, 3.63) is 84.4 Å². The molecule has 0 unspecified atom stereocenters. The highest BCUT2D eigenvalue weighted by Gasteiger charge is 2.31. The predicted molar refractivity (Wildman–Crippen MR) is 208 cm³/mol. The van der Waals surface area contributed by atoms with Gasteiger partial charge in [0.25, 0.3) is 5.91 Å². The molecule has 4 N–H and O–H groups in total. The fraction of sp³-hybridized carbons (Fsp3) is 0.390. The van der Waals surface area contributed by atoms with Gasteiger partial charge in [0.1, 0.15) is 5.75 Å². The molecule has 13 nitrogen and oxygen atoms in total. The van der Waals surface area contributed by atoms with Gasteiger partial charge in [0.05, 0.1) is 36.1 Å². The number of carbonyl (C=O) groups is 3. The van der Waals surface area contributed by atoms with Gasteiger partial charge in [0.2, 0.25) is 6.79 Å². The summed E-state index contributed by atoms with van der Waals surface area (Å²) in [5.74, 6) is 0.962. The number of ether oxygens (including phenoxy) is 4. The predicted octanol–water partition coefficient (Wildman–Crippen LogP) is 7.17. The fourth-order valence-corrected chi connectivity index (χ4v) is 6.63. The molecule has 4 aromatic carbocycles. The van der Waals surface area contributed by atoms with E-state index < -0.39 is 18.2 Å². The van der Waals surface area contributed by atoms with Gasteiger partial charge in [0.15, 0.2) is 11.5 Å². The lowest BCUT2D eigenvalue weighted by Crippen LogP contribution is -2.48. The summed E-state index contributed by atoms with van der Waals surface area (Å²) in [7, 11) is 1.70. The Balaban J connectivity index is 1.21. The highest BCUT2D eigenvalue weighted by molar-refractivity contribution is 6.07. The third kappa shape index (κ3) is 9.33. The van der Waals surface area contributed by atoms with Crippen LogP contribution in [-0.2, 0) is 4.74 Å². The van der Waals surface area contributed by atoms with E-state index in [1.165, 1.54) is 0 Å². The van der Waals surface area contributed by atoms with Crippen molar-refractivity contribution >= 4 is 45.8 Å². The lowest BCUT2D eigenvalue weighted by Gasteiger charge is -2.35. The summed E-state index contributed by atoms with van der Waals surface area (Å²) in [6, 6.07) is 22.4. The van der Waals surface area contributed by atoms with E-state index in [4.69, 9.17) is 18.9 Å². The third-order valence-corrected chi connectivity index (χ3v) is 9.77. The largest absolute Gasteiger partial charge is 0.490 e. The first-order chi connectivity index (χ1) is 26.1. The normalized spacial score (nSPS) is 19.5. The van der Waals surface area contributed by atoms with E-state index in [1.807, 2.05) is 56.3 Å². The number of carbonyl (C=O) groups excluding carboxylic acids is 3. The Morgan fingerprint density at radius 2 is 1.65 bits per heavy atom. The molecule has 0 aromatic heterocycles. The molecule has 2 aliphatic rings. The smallest absolute Gasteiger partial charge is 0.323 e. The van der Waals surface area contributed by atoms with Crippen LogP contribution < -0.4 is 30.2 Å². The molecule has 2 heterocycles. The van der Waals surface area contributed by atoms with Crippen LogP contribution in [0.15, 0.2) is 78.9 Å². The molecule has 0 aliphatic carbocycles. The quantitative estimate of drug-likeness (QED) is 0.156. The number of rotatable bonds is 7. The summed E-state index contributed by atoms with van der Waals surface area (Å²) >= 11 is 0.